The Hall–Kier alpha value is -3.42. The van der Waals surface area contributed by atoms with Crippen molar-refractivity contribution in [2.75, 3.05) is 27.9 Å². The third-order valence-electron chi connectivity index (χ3n) is 4.83. The lowest BCUT2D eigenvalue weighted by atomic mass is 10.1. The number of esters is 1. The summed E-state index contributed by atoms with van der Waals surface area (Å²) in [6.07, 6.45) is 0. The van der Waals surface area contributed by atoms with E-state index in [-0.39, 0.29) is 17.7 Å². The number of ketones is 1. The van der Waals surface area contributed by atoms with Gasteiger partial charge < -0.3 is 23.7 Å². The molecule has 0 aliphatic heterocycles. The second-order valence-electron chi connectivity index (χ2n) is 6.93. The molecule has 0 N–H and O–H groups in total. The molecule has 0 unspecified atom stereocenters. The lowest BCUT2D eigenvalue weighted by Gasteiger charge is -2.14. The predicted octanol–water partition coefficient (Wildman–Crippen LogP) is 5.64. The minimum absolute atomic E-state index is 0.116. The fraction of sp³-hybridized carbons (Fsp3) is 0.200. The normalized spacial score (nSPS) is 10.4. The van der Waals surface area contributed by atoms with Crippen LogP contribution < -0.4 is 18.9 Å². The van der Waals surface area contributed by atoms with Crippen LogP contribution in [0.4, 0.5) is 0 Å². The Morgan fingerprint density at radius 1 is 0.824 bits per heavy atom. The van der Waals surface area contributed by atoms with E-state index >= 15 is 0 Å². The molecule has 0 aliphatic carbocycles. The lowest BCUT2D eigenvalue weighted by Crippen LogP contribution is -2.15. The number of Topliss-reactive ketones (excluding diaryl/α,β-unsaturated/α-hetero) is 1. The van der Waals surface area contributed by atoms with Crippen molar-refractivity contribution in [1.29, 1.82) is 0 Å². The first-order chi connectivity index (χ1) is 16.4. The number of ether oxygens (including phenoxy) is 5. The van der Waals surface area contributed by atoms with Gasteiger partial charge in [0.05, 0.1) is 21.3 Å². The van der Waals surface area contributed by atoms with Crippen LogP contribution in [0.25, 0.3) is 0 Å². The van der Waals surface area contributed by atoms with Gasteiger partial charge in [-0.1, -0.05) is 41.4 Å². The minimum Gasteiger partial charge on any atom is -0.493 e. The zero-order valence-corrected chi connectivity index (χ0v) is 20.2. The summed E-state index contributed by atoms with van der Waals surface area (Å²) in [6, 6.07) is 14.6. The minimum atomic E-state index is -0.710. The van der Waals surface area contributed by atoms with Crippen molar-refractivity contribution in [2.45, 2.75) is 6.61 Å². The SMILES string of the molecule is COc1cc(C(=O)COC(=O)c2ccccc2OCc2ccc(Cl)cc2Cl)cc(OC)c1OC. The maximum Gasteiger partial charge on any atom is 0.342 e. The van der Waals surface area contributed by atoms with Crippen LogP contribution in [-0.2, 0) is 11.3 Å². The third-order valence-corrected chi connectivity index (χ3v) is 5.41. The summed E-state index contributed by atoms with van der Waals surface area (Å²) in [6.45, 7) is -0.376. The number of benzene rings is 3. The van der Waals surface area contributed by atoms with E-state index in [1.165, 1.54) is 33.5 Å². The van der Waals surface area contributed by atoms with Gasteiger partial charge in [-0.2, -0.15) is 0 Å². The Morgan fingerprint density at radius 2 is 1.50 bits per heavy atom. The van der Waals surface area contributed by atoms with E-state index in [9.17, 15) is 9.59 Å². The van der Waals surface area contributed by atoms with Crippen LogP contribution >= 0.6 is 23.2 Å². The number of carbonyl (C=O) groups is 2. The lowest BCUT2D eigenvalue weighted by molar-refractivity contribution is 0.0470. The first-order valence-corrected chi connectivity index (χ1v) is 10.8. The Morgan fingerprint density at radius 3 is 2.12 bits per heavy atom. The van der Waals surface area contributed by atoms with E-state index in [1.807, 2.05) is 0 Å². The van der Waals surface area contributed by atoms with Crippen LogP contribution in [0.1, 0.15) is 26.3 Å². The molecule has 0 aromatic heterocycles. The average molecular weight is 505 g/mol. The summed E-state index contributed by atoms with van der Waals surface area (Å²) in [5.41, 5.74) is 1.11. The van der Waals surface area contributed by atoms with Crippen molar-refractivity contribution >= 4 is 35.0 Å². The van der Waals surface area contributed by atoms with Crippen molar-refractivity contribution < 1.29 is 33.3 Å². The second-order valence-corrected chi connectivity index (χ2v) is 7.78. The van der Waals surface area contributed by atoms with Crippen LogP contribution in [0.15, 0.2) is 54.6 Å². The fourth-order valence-electron chi connectivity index (χ4n) is 3.09. The molecule has 0 bridgehead atoms. The van der Waals surface area contributed by atoms with E-state index in [1.54, 1.807) is 42.5 Å². The van der Waals surface area contributed by atoms with Crippen molar-refractivity contribution in [3.05, 3.63) is 81.3 Å². The predicted molar refractivity (Wildman–Crippen MR) is 128 cm³/mol. The standard InChI is InChI=1S/C25H22Cl2O7/c1-30-22-10-16(11-23(31-2)24(22)32-3)20(28)14-34-25(29)18-6-4-5-7-21(18)33-13-15-8-9-17(26)12-19(15)27/h4-12H,13-14H2,1-3H3. The highest BCUT2D eigenvalue weighted by molar-refractivity contribution is 6.35. The molecule has 3 aromatic rings. The molecule has 0 spiro atoms. The topological polar surface area (TPSA) is 80.3 Å². The molecule has 0 fully saturated rings. The number of hydrogen-bond donors (Lipinski definition) is 0. The van der Waals surface area contributed by atoms with Crippen molar-refractivity contribution in [3.8, 4) is 23.0 Å². The molecule has 0 aliphatic rings. The number of rotatable bonds is 10. The van der Waals surface area contributed by atoms with Crippen LogP contribution in [0, 0.1) is 0 Å². The molecule has 178 valence electrons. The monoisotopic (exact) mass is 504 g/mol. The summed E-state index contributed by atoms with van der Waals surface area (Å²) in [5, 5.41) is 0.956. The molecule has 7 nitrogen and oxygen atoms in total. The molecular weight excluding hydrogens is 483 g/mol. The van der Waals surface area contributed by atoms with E-state index in [0.717, 1.165) is 0 Å². The highest BCUT2D eigenvalue weighted by Gasteiger charge is 2.20. The molecule has 34 heavy (non-hydrogen) atoms. The van der Waals surface area contributed by atoms with Gasteiger partial charge in [0, 0.05) is 21.2 Å². The number of carbonyl (C=O) groups excluding carboxylic acids is 2. The Balaban J connectivity index is 1.70. The number of para-hydroxylation sites is 1. The quantitative estimate of drug-likeness (QED) is 0.261. The smallest absolute Gasteiger partial charge is 0.342 e. The Kier molecular flexibility index (Phi) is 8.62. The van der Waals surface area contributed by atoms with Crippen LogP contribution in [0.2, 0.25) is 10.0 Å². The molecule has 0 heterocycles. The van der Waals surface area contributed by atoms with E-state index < -0.39 is 18.4 Å². The highest BCUT2D eigenvalue weighted by Crippen LogP contribution is 2.38. The summed E-state index contributed by atoms with van der Waals surface area (Å²) in [4.78, 5) is 25.4. The third kappa shape index (κ3) is 5.92. The van der Waals surface area contributed by atoms with Gasteiger partial charge in [-0.3, -0.25) is 4.79 Å². The second kappa shape index (κ2) is 11.6. The molecular formula is C25H22Cl2O7. The van der Waals surface area contributed by atoms with Crippen LogP contribution in [-0.4, -0.2) is 39.7 Å². The molecule has 0 saturated heterocycles. The molecule has 0 amide bonds. The van der Waals surface area contributed by atoms with Gasteiger partial charge in [-0.25, -0.2) is 4.79 Å². The maximum atomic E-state index is 12.7. The number of methoxy groups -OCH3 is 3. The van der Waals surface area contributed by atoms with Gasteiger partial charge in [0.1, 0.15) is 17.9 Å². The molecule has 0 atom stereocenters. The van der Waals surface area contributed by atoms with Gasteiger partial charge in [0.15, 0.2) is 18.1 Å². The molecule has 3 aromatic carbocycles. The van der Waals surface area contributed by atoms with Gasteiger partial charge in [0.2, 0.25) is 11.5 Å². The zero-order valence-electron chi connectivity index (χ0n) is 18.7. The van der Waals surface area contributed by atoms with Gasteiger partial charge >= 0.3 is 5.97 Å². The van der Waals surface area contributed by atoms with Crippen molar-refractivity contribution in [1.82, 2.24) is 0 Å². The average Bonchev–Trinajstić information content (AvgIpc) is 2.85. The van der Waals surface area contributed by atoms with Gasteiger partial charge in [-0.05, 0) is 36.4 Å². The van der Waals surface area contributed by atoms with Crippen LogP contribution in [0.5, 0.6) is 23.0 Å². The van der Waals surface area contributed by atoms with E-state index in [4.69, 9.17) is 46.9 Å². The van der Waals surface area contributed by atoms with Gasteiger partial charge in [0.25, 0.3) is 0 Å². The summed E-state index contributed by atoms with van der Waals surface area (Å²) >= 11 is 12.1. The number of hydrogen-bond acceptors (Lipinski definition) is 7. The largest absolute Gasteiger partial charge is 0.493 e. The summed E-state index contributed by atoms with van der Waals surface area (Å²) in [7, 11) is 4.35. The van der Waals surface area contributed by atoms with Crippen molar-refractivity contribution in [3.63, 3.8) is 0 Å². The molecule has 0 radical (unpaired) electrons. The van der Waals surface area contributed by atoms with Crippen LogP contribution in [0.3, 0.4) is 0 Å². The first kappa shape index (κ1) is 25.2. The molecule has 3 rings (SSSR count). The molecule has 0 saturated carbocycles. The van der Waals surface area contributed by atoms with E-state index in [0.29, 0.717) is 38.6 Å². The Bertz CT molecular complexity index is 1170. The Labute approximate surface area is 207 Å². The summed E-state index contributed by atoms with van der Waals surface area (Å²) < 4.78 is 26.8. The highest BCUT2D eigenvalue weighted by atomic mass is 35.5. The maximum absolute atomic E-state index is 12.7. The van der Waals surface area contributed by atoms with E-state index in [2.05, 4.69) is 0 Å². The number of halogens is 2. The fourth-order valence-corrected chi connectivity index (χ4v) is 3.55. The summed E-state index contributed by atoms with van der Waals surface area (Å²) in [5.74, 6) is 0.119. The zero-order chi connectivity index (χ0) is 24.7. The molecule has 9 heteroatoms. The first-order valence-electron chi connectivity index (χ1n) is 10.0. The van der Waals surface area contributed by atoms with Crippen molar-refractivity contribution in [2.24, 2.45) is 0 Å². The van der Waals surface area contributed by atoms with Gasteiger partial charge in [-0.15, -0.1) is 0 Å².